The second kappa shape index (κ2) is 7.11. The van der Waals surface area contributed by atoms with E-state index in [4.69, 9.17) is 0 Å². The Hall–Kier alpha value is -3.15. The SMILES string of the molecule is CC(=O)Nc1ccc(N2CC(C(=O)N3c4ccccc4CC3C)CC2=O)cc1. The van der Waals surface area contributed by atoms with Crippen LogP contribution in [0.4, 0.5) is 17.1 Å². The van der Waals surface area contributed by atoms with Crippen LogP contribution >= 0.6 is 0 Å². The Balaban J connectivity index is 1.50. The summed E-state index contributed by atoms with van der Waals surface area (Å²) in [4.78, 5) is 40.5. The van der Waals surface area contributed by atoms with Crippen LogP contribution in [-0.4, -0.2) is 30.3 Å². The molecule has 0 aliphatic carbocycles. The van der Waals surface area contributed by atoms with E-state index in [1.54, 1.807) is 29.2 Å². The molecule has 1 fully saturated rings. The number of hydrogen-bond acceptors (Lipinski definition) is 3. The molecule has 0 radical (unpaired) electrons. The second-order valence-electron chi connectivity index (χ2n) is 7.52. The summed E-state index contributed by atoms with van der Waals surface area (Å²) >= 11 is 0. The van der Waals surface area contributed by atoms with Crippen LogP contribution in [0.25, 0.3) is 0 Å². The highest BCUT2D eigenvalue weighted by Gasteiger charge is 2.40. The monoisotopic (exact) mass is 377 g/mol. The normalized spacial score (nSPS) is 21.0. The van der Waals surface area contributed by atoms with Crippen LogP contribution in [0, 0.1) is 5.92 Å². The van der Waals surface area contributed by atoms with Crippen LogP contribution in [0.3, 0.4) is 0 Å². The largest absolute Gasteiger partial charge is 0.326 e. The van der Waals surface area contributed by atoms with Gasteiger partial charge in [0.15, 0.2) is 0 Å². The first-order chi connectivity index (χ1) is 13.4. The van der Waals surface area contributed by atoms with Crippen molar-refractivity contribution in [2.24, 2.45) is 5.92 Å². The van der Waals surface area contributed by atoms with E-state index < -0.39 is 0 Å². The first kappa shape index (κ1) is 18.2. The van der Waals surface area contributed by atoms with Gasteiger partial charge in [-0.05, 0) is 49.2 Å². The third-order valence-electron chi connectivity index (χ3n) is 5.42. The van der Waals surface area contributed by atoms with Gasteiger partial charge in [0.25, 0.3) is 0 Å². The molecule has 1 N–H and O–H groups in total. The topological polar surface area (TPSA) is 69.7 Å². The zero-order valence-electron chi connectivity index (χ0n) is 16.0. The number of carbonyl (C=O) groups is 3. The van der Waals surface area contributed by atoms with Gasteiger partial charge in [0.1, 0.15) is 0 Å². The molecular formula is C22H23N3O3. The third kappa shape index (κ3) is 3.26. The van der Waals surface area contributed by atoms with Crippen molar-refractivity contribution in [1.29, 1.82) is 0 Å². The molecule has 0 aromatic heterocycles. The number of anilines is 3. The maximum absolute atomic E-state index is 13.2. The van der Waals surface area contributed by atoms with Gasteiger partial charge in [-0.3, -0.25) is 14.4 Å². The molecule has 6 heteroatoms. The van der Waals surface area contributed by atoms with E-state index in [0.29, 0.717) is 12.2 Å². The number of rotatable bonds is 3. The Labute approximate surface area is 164 Å². The summed E-state index contributed by atoms with van der Waals surface area (Å²) < 4.78 is 0. The number of hydrogen-bond donors (Lipinski definition) is 1. The van der Waals surface area contributed by atoms with Gasteiger partial charge in [-0.15, -0.1) is 0 Å². The van der Waals surface area contributed by atoms with Crippen molar-refractivity contribution < 1.29 is 14.4 Å². The Morgan fingerprint density at radius 3 is 2.46 bits per heavy atom. The van der Waals surface area contributed by atoms with Crippen LogP contribution in [0.2, 0.25) is 0 Å². The molecule has 2 aromatic carbocycles. The molecule has 2 aromatic rings. The lowest BCUT2D eigenvalue weighted by Crippen LogP contribution is -2.41. The van der Waals surface area contributed by atoms with Gasteiger partial charge in [-0.2, -0.15) is 0 Å². The molecule has 2 aliphatic rings. The maximum Gasteiger partial charge on any atom is 0.232 e. The molecule has 2 unspecified atom stereocenters. The first-order valence-corrected chi connectivity index (χ1v) is 9.53. The zero-order valence-corrected chi connectivity index (χ0v) is 16.0. The second-order valence-corrected chi connectivity index (χ2v) is 7.52. The molecular weight excluding hydrogens is 354 g/mol. The van der Waals surface area contributed by atoms with Crippen molar-refractivity contribution in [1.82, 2.24) is 0 Å². The molecule has 144 valence electrons. The van der Waals surface area contributed by atoms with E-state index in [2.05, 4.69) is 11.4 Å². The smallest absolute Gasteiger partial charge is 0.232 e. The maximum atomic E-state index is 13.2. The zero-order chi connectivity index (χ0) is 19.8. The third-order valence-corrected chi connectivity index (χ3v) is 5.42. The summed E-state index contributed by atoms with van der Waals surface area (Å²) in [7, 11) is 0. The van der Waals surface area contributed by atoms with Gasteiger partial charge >= 0.3 is 0 Å². The van der Waals surface area contributed by atoms with Crippen molar-refractivity contribution in [3.63, 3.8) is 0 Å². The van der Waals surface area contributed by atoms with Gasteiger partial charge in [0.05, 0.1) is 5.92 Å². The van der Waals surface area contributed by atoms with E-state index in [9.17, 15) is 14.4 Å². The summed E-state index contributed by atoms with van der Waals surface area (Å²) in [6.45, 7) is 3.88. The van der Waals surface area contributed by atoms with Crippen molar-refractivity contribution in [2.45, 2.75) is 32.7 Å². The predicted octanol–water partition coefficient (Wildman–Crippen LogP) is 2.98. The minimum atomic E-state index is -0.351. The van der Waals surface area contributed by atoms with Gasteiger partial charge < -0.3 is 15.1 Å². The van der Waals surface area contributed by atoms with E-state index >= 15 is 0 Å². The standard InChI is InChI=1S/C22H23N3O3/c1-14-11-16-5-3-4-6-20(16)25(14)22(28)17-12-21(27)24(13-17)19-9-7-18(8-10-19)23-15(2)26/h3-10,14,17H,11-13H2,1-2H3,(H,23,26). The Bertz CT molecular complexity index is 938. The first-order valence-electron chi connectivity index (χ1n) is 9.53. The predicted molar refractivity (Wildman–Crippen MR) is 108 cm³/mol. The van der Waals surface area contributed by atoms with Crippen molar-refractivity contribution in [3.8, 4) is 0 Å². The van der Waals surface area contributed by atoms with Crippen LogP contribution in [-0.2, 0) is 20.8 Å². The lowest BCUT2D eigenvalue weighted by atomic mass is 10.1. The van der Waals surface area contributed by atoms with E-state index in [1.807, 2.05) is 30.0 Å². The molecule has 28 heavy (non-hydrogen) atoms. The average molecular weight is 377 g/mol. The van der Waals surface area contributed by atoms with Gasteiger partial charge in [0, 0.05) is 43.0 Å². The number of para-hydroxylation sites is 1. The highest BCUT2D eigenvalue weighted by Crippen LogP contribution is 2.35. The summed E-state index contributed by atoms with van der Waals surface area (Å²) in [5.41, 5.74) is 3.56. The number of amides is 3. The molecule has 0 spiro atoms. The summed E-state index contributed by atoms with van der Waals surface area (Å²) in [6, 6.07) is 15.2. The molecule has 0 bridgehead atoms. The highest BCUT2D eigenvalue weighted by atomic mass is 16.2. The number of benzene rings is 2. The quantitative estimate of drug-likeness (QED) is 0.894. The van der Waals surface area contributed by atoms with Gasteiger partial charge in [-0.1, -0.05) is 18.2 Å². The average Bonchev–Trinajstić information content (AvgIpc) is 3.21. The van der Waals surface area contributed by atoms with E-state index in [0.717, 1.165) is 17.8 Å². The molecule has 2 heterocycles. The minimum Gasteiger partial charge on any atom is -0.326 e. The highest BCUT2D eigenvalue weighted by molar-refractivity contribution is 6.05. The Morgan fingerprint density at radius 1 is 1.04 bits per heavy atom. The Kier molecular flexibility index (Phi) is 4.63. The lowest BCUT2D eigenvalue weighted by molar-refractivity contribution is -0.124. The number of nitrogens with one attached hydrogen (secondary N) is 1. The van der Waals surface area contributed by atoms with Crippen molar-refractivity contribution in [2.75, 3.05) is 21.7 Å². The van der Waals surface area contributed by atoms with E-state index in [1.165, 1.54) is 12.5 Å². The fourth-order valence-corrected chi connectivity index (χ4v) is 4.15. The van der Waals surface area contributed by atoms with Gasteiger partial charge in [-0.25, -0.2) is 0 Å². The van der Waals surface area contributed by atoms with Crippen LogP contribution in [0.15, 0.2) is 48.5 Å². The summed E-state index contributed by atoms with van der Waals surface area (Å²) in [5.74, 6) is -0.527. The summed E-state index contributed by atoms with van der Waals surface area (Å²) in [6.07, 6.45) is 1.06. The van der Waals surface area contributed by atoms with Crippen molar-refractivity contribution in [3.05, 3.63) is 54.1 Å². The van der Waals surface area contributed by atoms with Crippen LogP contribution in [0.1, 0.15) is 25.8 Å². The van der Waals surface area contributed by atoms with Crippen LogP contribution in [0.5, 0.6) is 0 Å². The van der Waals surface area contributed by atoms with Crippen molar-refractivity contribution >= 4 is 34.8 Å². The van der Waals surface area contributed by atoms with E-state index in [-0.39, 0.29) is 36.1 Å². The molecule has 2 atom stereocenters. The molecule has 2 aliphatic heterocycles. The molecule has 6 nitrogen and oxygen atoms in total. The molecule has 3 amide bonds. The van der Waals surface area contributed by atoms with Gasteiger partial charge in [0.2, 0.25) is 17.7 Å². The lowest BCUT2D eigenvalue weighted by Gasteiger charge is -2.26. The minimum absolute atomic E-state index is 0.0168. The molecule has 1 saturated heterocycles. The van der Waals surface area contributed by atoms with Crippen LogP contribution < -0.4 is 15.1 Å². The summed E-state index contributed by atoms with van der Waals surface area (Å²) in [5, 5.41) is 2.71. The fourth-order valence-electron chi connectivity index (χ4n) is 4.15. The molecule has 4 rings (SSSR count). The fraction of sp³-hybridized carbons (Fsp3) is 0.318. The Morgan fingerprint density at radius 2 is 1.75 bits per heavy atom. The number of nitrogens with zero attached hydrogens (tertiary/aromatic N) is 2. The number of fused-ring (bicyclic) bond motifs is 1. The number of carbonyl (C=O) groups excluding carboxylic acids is 3. The molecule has 0 saturated carbocycles.